The highest BCUT2D eigenvalue weighted by molar-refractivity contribution is 6.34. The molecule has 20 heavy (non-hydrogen) atoms. The van der Waals surface area contributed by atoms with Gasteiger partial charge < -0.3 is 16.2 Å². The zero-order chi connectivity index (χ0) is 14.9. The lowest BCUT2D eigenvalue weighted by molar-refractivity contribution is 0.0698. The Bertz CT molecular complexity index is 692. The molecule has 0 amide bonds. The topological polar surface area (TPSA) is 75.3 Å². The number of hydrogen-bond acceptors (Lipinski definition) is 3. The van der Waals surface area contributed by atoms with Crippen LogP contribution in [0.1, 0.15) is 10.4 Å². The standard InChI is InChI=1S/C13H9ClF2N2O2/c14-9-5-7(17)4-8(13(19)20)12(9)18-11-3-6(15)1-2-10(11)16/h1-5,18H,17H2,(H,19,20). The molecule has 2 aromatic carbocycles. The number of rotatable bonds is 3. The number of nitrogens with one attached hydrogen (secondary N) is 1. The molecule has 0 heterocycles. The molecule has 0 saturated heterocycles. The van der Waals surface area contributed by atoms with E-state index < -0.39 is 17.6 Å². The minimum atomic E-state index is -1.29. The van der Waals surface area contributed by atoms with Crippen molar-refractivity contribution in [2.75, 3.05) is 11.1 Å². The fourth-order valence-corrected chi connectivity index (χ4v) is 1.93. The number of anilines is 3. The van der Waals surface area contributed by atoms with E-state index in [2.05, 4.69) is 5.32 Å². The van der Waals surface area contributed by atoms with Crippen molar-refractivity contribution in [3.8, 4) is 0 Å². The number of aromatic carboxylic acids is 1. The summed E-state index contributed by atoms with van der Waals surface area (Å²) in [6.07, 6.45) is 0. The van der Waals surface area contributed by atoms with Crippen LogP contribution < -0.4 is 11.1 Å². The van der Waals surface area contributed by atoms with Gasteiger partial charge in [-0.05, 0) is 24.3 Å². The van der Waals surface area contributed by atoms with Crippen LogP contribution in [-0.2, 0) is 0 Å². The van der Waals surface area contributed by atoms with E-state index in [1.54, 1.807) is 0 Å². The van der Waals surface area contributed by atoms with Crippen molar-refractivity contribution in [3.63, 3.8) is 0 Å². The molecule has 0 saturated carbocycles. The van der Waals surface area contributed by atoms with Gasteiger partial charge in [-0.25, -0.2) is 13.6 Å². The van der Waals surface area contributed by atoms with E-state index in [0.29, 0.717) is 0 Å². The molecular weight excluding hydrogens is 290 g/mol. The van der Waals surface area contributed by atoms with Crippen molar-refractivity contribution < 1.29 is 18.7 Å². The average molecular weight is 299 g/mol. The quantitative estimate of drug-likeness (QED) is 0.756. The first-order valence-corrected chi connectivity index (χ1v) is 5.80. The number of hydrogen-bond donors (Lipinski definition) is 3. The van der Waals surface area contributed by atoms with E-state index in [1.165, 1.54) is 12.1 Å². The lowest BCUT2D eigenvalue weighted by atomic mass is 10.1. The Hall–Kier alpha value is -2.34. The number of carboxylic acids is 1. The van der Waals surface area contributed by atoms with Gasteiger partial charge in [-0.2, -0.15) is 0 Å². The monoisotopic (exact) mass is 298 g/mol. The SMILES string of the molecule is Nc1cc(Cl)c(Nc2cc(F)ccc2F)c(C(=O)O)c1. The highest BCUT2D eigenvalue weighted by atomic mass is 35.5. The second-order valence-corrected chi connectivity index (χ2v) is 4.39. The molecule has 0 fully saturated rings. The van der Waals surface area contributed by atoms with Crippen LogP contribution in [0.2, 0.25) is 5.02 Å². The summed E-state index contributed by atoms with van der Waals surface area (Å²) >= 11 is 5.90. The van der Waals surface area contributed by atoms with Crippen LogP contribution in [0.15, 0.2) is 30.3 Å². The summed E-state index contributed by atoms with van der Waals surface area (Å²) < 4.78 is 26.7. The van der Waals surface area contributed by atoms with Gasteiger partial charge in [-0.15, -0.1) is 0 Å². The number of benzene rings is 2. The van der Waals surface area contributed by atoms with Crippen molar-refractivity contribution in [2.45, 2.75) is 0 Å². The van der Waals surface area contributed by atoms with Crippen molar-refractivity contribution in [1.29, 1.82) is 0 Å². The van der Waals surface area contributed by atoms with E-state index in [0.717, 1.165) is 18.2 Å². The second kappa shape index (κ2) is 5.34. The Kier molecular flexibility index (Phi) is 3.76. The Morgan fingerprint density at radius 1 is 1.25 bits per heavy atom. The summed E-state index contributed by atoms with van der Waals surface area (Å²) in [6, 6.07) is 5.25. The molecule has 4 nitrogen and oxygen atoms in total. The summed E-state index contributed by atoms with van der Waals surface area (Å²) in [5.41, 5.74) is 5.14. The summed E-state index contributed by atoms with van der Waals surface area (Å²) in [6.45, 7) is 0. The van der Waals surface area contributed by atoms with Gasteiger partial charge in [0.25, 0.3) is 0 Å². The lowest BCUT2D eigenvalue weighted by Gasteiger charge is -2.13. The van der Waals surface area contributed by atoms with Crippen LogP contribution in [0, 0.1) is 11.6 Å². The van der Waals surface area contributed by atoms with Crippen molar-refractivity contribution in [3.05, 3.63) is 52.6 Å². The maximum absolute atomic E-state index is 13.6. The predicted octanol–water partition coefficient (Wildman–Crippen LogP) is 3.64. The molecule has 0 aromatic heterocycles. The molecule has 0 aliphatic carbocycles. The Labute approximate surface area is 117 Å². The molecule has 0 unspecified atom stereocenters. The molecule has 0 spiro atoms. The molecule has 0 aliphatic rings. The highest BCUT2D eigenvalue weighted by Crippen LogP contribution is 2.32. The first-order chi connectivity index (χ1) is 9.38. The largest absolute Gasteiger partial charge is 0.478 e. The molecule has 2 rings (SSSR count). The third-order valence-electron chi connectivity index (χ3n) is 2.53. The number of nitrogen functional groups attached to an aromatic ring is 1. The third-order valence-corrected chi connectivity index (χ3v) is 2.83. The van der Waals surface area contributed by atoms with Crippen molar-refractivity contribution in [1.82, 2.24) is 0 Å². The maximum Gasteiger partial charge on any atom is 0.337 e. The fraction of sp³-hybridized carbons (Fsp3) is 0. The number of carbonyl (C=O) groups is 1. The molecule has 0 radical (unpaired) electrons. The van der Waals surface area contributed by atoms with Crippen LogP contribution in [0.3, 0.4) is 0 Å². The van der Waals surface area contributed by atoms with Gasteiger partial charge in [-0.3, -0.25) is 0 Å². The summed E-state index contributed by atoms with van der Waals surface area (Å²) in [5.74, 6) is -2.70. The lowest BCUT2D eigenvalue weighted by Crippen LogP contribution is -2.06. The predicted molar refractivity (Wildman–Crippen MR) is 72.5 cm³/mol. The van der Waals surface area contributed by atoms with Crippen LogP contribution in [0.5, 0.6) is 0 Å². The van der Waals surface area contributed by atoms with E-state index in [4.69, 9.17) is 22.4 Å². The van der Waals surface area contributed by atoms with Crippen molar-refractivity contribution >= 4 is 34.6 Å². The minimum Gasteiger partial charge on any atom is -0.478 e. The van der Waals surface area contributed by atoms with Crippen LogP contribution >= 0.6 is 11.6 Å². The first-order valence-electron chi connectivity index (χ1n) is 5.43. The van der Waals surface area contributed by atoms with Crippen LogP contribution in [0.25, 0.3) is 0 Å². The molecular formula is C13H9ClF2N2O2. The molecule has 7 heteroatoms. The van der Waals surface area contributed by atoms with Gasteiger partial charge in [0.05, 0.1) is 22.0 Å². The maximum atomic E-state index is 13.6. The fourth-order valence-electron chi connectivity index (χ4n) is 1.65. The normalized spacial score (nSPS) is 10.3. The summed E-state index contributed by atoms with van der Waals surface area (Å²) in [5, 5.41) is 11.6. The molecule has 4 N–H and O–H groups in total. The highest BCUT2D eigenvalue weighted by Gasteiger charge is 2.16. The number of halogens is 3. The second-order valence-electron chi connectivity index (χ2n) is 3.98. The van der Waals surface area contributed by atoms with Gasteiger partial charge in [-0.1, -0.05) is 11.6 Å². The van der Waals surface area contributed by atoms with Gasteiger partial charge in [0.15, 0.2) is 0 Å². The Balaban J connectivity index is 2.53. The third kappa shape index (κ3) is 2.80. The Morgan fingerprint density at radius 2 is 1.95 bits per heavy atom. The van der Waals surface area contributed by atoms with E-state index in [1.807, 2.05) is 0 Å². The molecule has 0 aliphatic heterocycles. The van der Waals surface area contributed by atoms with Gasteiger partial charge >= 0.3 is 5.97 Å². The average Bonchev–Trinajstić information content (AvgIpc) is 2.36. The number of nitrogens with two attached hydrogens (primary N) is 1. The molecule has 2 aromatic rings. The van der Waals surface area contributed by atoms with Gasteiger partial charge in [0, 0.05) is 11.8 Å². The van der Waals surface area contributed by atoms with Gasteiger partial charge in [0.1, 0.15) is 11.6 Å². The van der Waals surface area contributed by atoms with E-state index >= 15 is 0 Å². The van der Waals surface area contributed by atoms with Crippen LogP contribution in [-0.4, -0.2) is 11.1 Å². The summed E-state index contributed by atoms with van der Waals surface area (Å²) in [7, 11) is 0. The molecule has 0 bridgehead atoms. The van der Waals surface area contributed by atoms with Crippen molar-refractivity contribution in [2.24, 2.45) is 0 Å². The zero-order valence-electron chi connectivity index (χ0n) is 9.95. The Morgan fingerprint density at radius 3 is 2.60 bits per heavy atom. The minimum absolute atomic E-state index is 0.00828. The summed E-state index contributed by atoms with van der Waals surface area (Å²) in [4.78, 5) is 11.1. The first kappa shape index (κ1) is 14.1. The zero-order valence-corrected chi connectivity index (χ0v) is 10.7. The molecule has 0 atom stereocenters. The smallest absolute Gasteiger partial charge is 0.337 e. The van der Waals surface area contributed by atoms with Crippen LogP contribution in [0.4, 0.5) is 25.8 Å². The van der Waals surface area contributed by atoms with Gasteiger partial charge in [0.2, 0.25) is 0 Å². The molecule has 104 valence electrons. The van der Waals surface area contributed by atoms with E-state index in [-0.39, 0.29) is 27.6 Å². The number of carboxylic acid groups (broad SMARTS) is 1. The van der Waals surface area contributed by atoms with E-state index in [9.17, 15) is 13.6 Å².